The molecule has 4 nitrogen and oxygen atoms in total. The van der Waals surface area contributed by atoms with E-state index in [1.807, 2.05) is 13.0 Å². The third-order valence-electron chi connectivity index (χ3n) is 2.17. The van der Waals surface area contributed by atoms with Gasteiger partial charge >= 0.3 is 7.19 Å². The highest BCUT2D eigenvalue weighted by atomic mass is 19.1. The second-order valence-corrected chi connectivity index (χ2v) is 3.48. The normalized spacial score (nSPS) is 8.78. The Kier molecular flexibility index (Phi) is 6.63. The third kappa shape index (κ3) is 4.16. The molecule has 0 fully saturated rings. The van der Waals surface area contributed by atoms with E-state index in [0.717, 1.165) is 5.69 Å². The molecule has 4 N–H and O–H groups in total. The Balaban J connectivity index is 0.00000144. The number of aryl methyl sites for hydroxylation is 1. The zero-order chi connectivity index (χ0) is 11.4. The average molecular weight is 251 g/mol. The molecule has 0 amide bonds. The van der Waals surface area contributed by atoms with E-state index in [1.165, 1.54) is 0 Å². The van der Waals surface area contributed by atoms with Gasteiger partial charge in [-0.3, -0.25) is 9.30 Å². The van der Waals surface area contributed by atoms with Crippen molar-refractivity contribution in [2.45, 2.75) is 6.92 Å². The van der Waals surface area contributed by atoms with Crippen molar-refractivity contribution < 1.29 is 19.9 Å². The molecule has 0 unspecified atom stereocenters. The maximum Gasteiger partial charge on any atom is 0.601 e. The molecule has 2 aromatic rings. The fourth-order valence-corrected chi connectivity index (χ4v) is 1.38. The molecule has 0 aliphatic heterocycles. The summed E-state index contributed by atoms with van der Waals surface area (Å²) in [6.45, 7) is 1.84. The third-order valence-corrected chi connectivity index (χ3v) is 2.17. The van der Waals surface area contributed by atoms with Crippen LogP contribution in [0.25, 0.3) is 0 Å². The molecule has 0 spiro atoms. The zero-order valence-corrected chi connectivity index (χ0v) is 9.93. The van der Waals surface area contributed by atoms with Gasteiger partial charge in [-0.25, -0.2) is 0 Å². The topological polar surface area (TPSA) is 85.1 Å². The lowest BCUT2D eigenvalue weighted by Crippen LogP contribution is -2.31. The molecule has 0 aliphatic rings. The lowest BCUT2D eigenvalue weighted by Gasteiger charge is -2.08. The van der Waals surface area contributed by atoms with Crippen LogP contribution >= 0.6 is 0 Å². The first-order chi connectivity index (χ1) is 7.75. The lowest BCUT2D eigenvalue weighted by molar-refractivity contribution is 0.516. The number of hydrogen-bond donors (Lipinski definition) is 0. The van der Waals surface area contributed by atoms with Gasteiger partial charge in [0.1, 0.15) is 5.75 Å². The summed E-state index contributed by atoms with van der Waals surface area (Å²) < 4.78 is 18.9. The SMILES string of the molecule is Cc1cc(OB(F)c2ccccc2)ccn1.O.O. The Morgan fingerprint density at radius 2 is 1.78 bits per heavy atom. The highest BCUT2D eigenvalue weighted by Gasteiger charge is 2.20. The quantitative estimate of drug-likeness (QED) is 0.743. The van der Waals surface area contributed by atoms with Gasteiger partial charge in [-0.1, -0.05) is 30.3 Å². The van der Waals surface area contributed by atoms with Gasteiger partial charge in [0.2, 0.25) is 0 Å². The molecule has 18 heavy (non-hydrogen) atoms. The fraction of sp³-hybridized carbons (Fsp3) is 0.0833. The molecule has 1 aromatic carbocycles. The zero-order valence-electron chi connectivity index (χ0n) is 9.93. The smallest absolute Gasteiger partial charge is 0.529 e. The van der Waals surface area contributed by atoms with E-state index in [1.54, 1.807) is 42.6 Å². The number of nitrogens with zero attached hydrogens (tertiary/aromatic N) is 1. The highest BCUT2D eigenvalue weighted by molar-refractivity contribution is 6.61. The van der Waals surface area contributed by atoms with Crippen LogP contribution in [0, 0.1) is 6.92 Å². The summed E-state index contributed by atoms with van der Waals surface area (Å²) >= 11 is 0. The molecule has 0 saturated carbocycles. The summed E-state index contributed by atoms with van der Waals surface area (Å²) in [6.07, 6.45) is 1.60. The molecule has 0 atom stereocenters. The van der Waals surface area contributed by atoms with Gasteiger partial charge in [0.25, 0.3) is 0 Å². The monoisotopic (exact) mass is 251 g/mol. The number of hydrogen-bond acceptors (Lipinski definition) is 2. The van der Waals surface area contributed by atoms with Crippen LogP contribution in [0.15, 0.2) is 48.7 Å². The van der Waals surface area contributed by atoms with Gasteiger partial charge in [-0.05, 0) is 19.1 Å². The first-order valence-corrected chi connectivity index (χ1v) is 5.04. The largest absolute Gasteiger partial charge is 0.601 e. The van der Waals surface area contributed by atoms with Crippen LogP contribution in [0.1, 0.15) is 5.69 Å². The Morgan fingerprint density at radius 1 is 1.11 bits per heavy atom. The predicted molar refractivity (Wildman–Crippen MR) is 69.8 cm³/mol. The van der Waals surface area contributed by atoms with Crippen LogP contribution in [0.2, 0.25) is 0 Å². The minimum Gasteiger partial charge on any atom is -0.529 e. The molecular weight excluding hydrogens is 236 g/mol. The number of rotatable bonds is 3. The minimum atomic E-state index is -1.44. The number of aromatic nitrogens is 1. The maximum absolute atomic E-state index is 13.7. The van der Waals surface area contributed by atoms with E-state index in [9.17, 15) is 4.32 Å². The summed E-state index contributed by atoms with van der Waals surface area (Å²) in [5.41, 5.74) is 1.31. The van der Waals surface area contributed by atoms with Gasteiger partial charge in [0.15, 0.2) is 0 Å². The van der Waals surface area contributed by atoms with Crippen LogP contribution in [-0.4, -0.2) is 23.1 Å². The summed E-state index contributed by atoms with van der Waals surface area (Å²) in [7, 11) is -1.44. The van der Waals surface area contributed by atoms with Crippen molar-refractivity contribution >= 4 is 12.7 Å². The molecule has 96 valence electrons. The van der Waals surface area contributed by atoms with Crippen molar-refractivity contribution in [3.8, 4) is 5.75 Å². The van der Waals surface area contributed by atoms with Crippen molar-refractivity contribution in [1.29, 1.82) is 0 Å². The molecule has 1 heterocycles. The molecule has 0 bridgehead atoms. The Hall–Kier alpha value is -1.92. The van der Waals surface area contributed by atoms with Crippen LogP contribution in [0.3, 0.4) is 0 Å². The number of halogens is 1. The van der Waals surface area contributed by atoms with Crippen molar-refractivity contribution in [3.63, 3.8) is 0 Å². The van der Waals surface area contributed by atoms with Crippen molar-refractivity contribution in [2.75, 3.05) is 0 Å². The fourth-order valence-electron chi connectivity index (χ4n) is 1.38. The van der Waals surface area contributed by atoms with Crippen LogP contribution in [-0.2, 0) is 0 Å². The number of benzene rings is 1. The molecule has 1 aromatic heterocycles. The Morgan fingerprint density at radius 3 is 2.39 bits per heavy atom. The predicted octanol–water partition coefficient (Wildman–Crippen LogP) is 0.484. The lowest BCUT2D eigenvalue weighted by atomic mass is 9.82. The van der Waals surface area contributed by atoms with E-state index >= 15 is 0 Å². The average Bonchev–Trinajstić information content (AvgIpc) is 2.30. The van der Waals surface area contributed by atoms with E-state index in [4.69, 9.17) is 4.65 Å². The summed E-state index contributed by atoms with van der Waals surface area (Å²) in [6, 6.07) is 12.1. The van der Waals surface area contributed by atoms with E-state index < -0.39 is 7.19 Å². The molecule has 0 saturated heterocycles. The van der Waals surface area contributed by atoms with Gasteiger partial charge in [0.05, 0.1) is 0 Å². The van der Waals surface area contributed by atoms with Gasteiger partial charge in [-0.15, -0.1) is 0 Å². The molecule has 6 heteroatoms. The summed E-state index contributed by atoms with van der Waals surface area (Å²) in [5.74, 6) is 0.490. The Bertz CT molecular complexity index is 470. The van der Waals surface area contributed by atoms with Crippen molar-refractivity contribution in [2.24, 2.45) is 0 Å². The molecule has 0 radical (unpaired) electrons. The van der Waals surface area contributed by atoms with Gasteiger partial charge in [-0.2, -0.15) is 0 Å². The summed E-state index contributed by atoms with van der Waals surface area (Å²) in [4.78, 5) is 4.02. The molecular formula is C12H15BFNO3. The highest BCUT2D eigenvalue weighted by Crippen LogP contribution is 2.11. The van der Waals surface area contributed by atoms with E-state index in [2.05, 4.69) is 4.98 Å². The molecule has 0 aliphatic carbocycles. The maximum atomic E-state index is 13.7. The molecule has 2 rings (SSSR count). The standard InChI is InChI=1S/C12H11BFNO.2H2O/c1-10-9-12(7-8-15-10)16-13(14)11-5-3-2-4-6-11;;/h2-9H,1H3;2*1H2. The minimum absolute atomic E-state index is 0. The number of pyridine rings is 1. The van der Waals surface area contributed by atoms with Gasteiger partial charge < -0.3 is 15.6 Å². The van der Waals surface area contributed by atoms with Crippen molar-refractivity contribution in [3.05, 3.63) is 54.4 Å². The second kappa shape index (κ2) is 7.42. The van der Waals surface area contributed by atoms with E-state index in [-0.39, 0.29) is 11.0 Å². The van der Waals surface area contributed by atoms with Crippen molar-refractivity contribution in [1.82, 2.24) is 4.98 Å². The Labute approximate surface area is 105 Å². The second-order valence-electron chi connectivity index (χ2n) is 3.48. The summed E-state index contributed by atoms with van der Waals surface area (Å²) in [5, 5.41) is 0. The van der Waals surface area contributed by atoms with Crippen LogP contribution in [0.5, 0.6) is 5.75 Å². The first-order valence-electron chi connectivity index (χ1n) is 5.04. The first kappa shape index (κ1) is 16.1. The van der Waals surface area contributed by atoms with Crippen LogP contribution < -0.4 is 10.1 Å². The van der Waals surface area contributed by atoms with E-state index in [0.29, 0.717) is 11.2 Å². The van der Waals surface area contributed by atoms with Crippen LogP contribution in [0.4, 0.5) is 4.32 Å². The van der Waals surface area contributed by atoms with Gasteiger partial charge in [0, 0.05) is 17.4 Å².